The average molecular weight is 292 g/mol. The number of aliphatic hydroxyl groups is 1. The summed E-state index contributed by atoms with van der Waals surface area (Å²) in [5, 5.41) is 10.7. The molecular weight excluding hydrogens is 264 g/mol. The second-order valence-electron chi connectivity index (χ2n) is 6.47. The van der Waals surface area contributed by atoms with Gasteiger partial charge in [-0.2, -0.15) is 0 Å². The number of rotatable bonds is 5. The zero-order valence-corrected chi connectivity index (χ0v) is 13.4. The molecule has 1 aliphatic heterocycles. The van der Waals surface area contributed by atoms with Gasteiger partial charge in [0.15, 0.2) is 0 Å². The van der Waals surface area contributed by atoms with Crippen LogP contribution in [-0.2, 0) is 4.74 Å². The maximum absolute atomic E-state index is 10.7. The van der Waals surface area contributed by atoms with Crippen LogP contribution in [0.3, 0.4) is 0 Å². The smallest absolute Gasteiger partial charge is 0.0818 e. The standard InChI is InChI=1S/C17H28N2O2/c1-13-4-6-15(7-5-13)16(14(2)18)19(3)12-17(20)8-10-21-11-9-17/h4-7,14,16,20H,8-12,18H2,1-3H3. The minimum Gasteiger partial charge on any atom is -0.388 e. The molecule has 4 nitrogen and oxygen atoms in total. The van der Waals surface area contributed by atoms with Gasteiger partial charge in [-0.25, -0.2) is 0 Å². The van der Waals surface area contributed by atoms with Crippen molar-refractivity contribution in [2.75, 3.05) is 26.8 Å². The second kappa shape index (κ2) is 6.88. The Labute approximate surface area is 127 Å². The zero-order valence-electron chi connectivity index (χ0n) is 13.4. The largest absolute Gasteiger partial charge is 0.388 e. The number of nitrogens with zero attached hydrogens (tertiary/aromatic N) is 1. The van der Waals surface area contributed by atoms with Crippen molar-refractivity contribution in [2.24, 2.45) is 5.73 Å². The van der Waals surface area contributed by atoms with Crippen molar-refractivity contribution in [1.29, 1.82) is 0 Å². The second-order valence-corrected chi connectivity index (χ2v) is 6.47. The first-order chi connectivity index (χ1) is 9.91. The summed E-state index contributed by atoms with van der Waals surface area (Å²) < 4.78 is 5.35. The van der Waals surface area contributed by atoms with E-state index in [1.807, 2.05) is 14.0 Å². The van der Waals surface area contributed by atoms with Gasteiger partial charge in [0.2, 0.25) is 0 Å². The quantitative estimate of drug-likeness (QED) is 0.869. The number of nitrogens with two attached hydrogens (primary N) is 1. The monoisotopic (exact) mass is 292 g/mol. The molecule has 2 rings (SSSR count). The molecule has 1 saturated heterocycles. The van der Waals surface area contributed by atoms with E-state index in [-0.39, 0.29) is 12.1 Å². The maximum Gasteiger partial charge on any atom is 0.0818 e. The van der Waals surface area contributed by atoms with Crippen LogP contribution in [0.25, 0.3) is 0 Å². The van der Waals surface area contributed by atoms with Crippen molar-refractivity contribution in [3.8, 4) is 0 Å². The normalized spacial score (nSPS) is 21.2. The Morgan fingerprint density at radius 1 is 1.29 bits per heavy atom. The molecule has 0 bridgehead atoms. The molecular formula is C17H28N2O2. The molecule has 1 aromatic rings. The van der Waals surface area contributed by atoms with Crippen LogP contribution >= 0.6 is 0 Å². The SMILES string of the molecule is Cc1ccc(C(C(C)N)N(C)CC2(O)CCOCC2)cc1. The number of hydrogen-bond acceptors (Lipinski definition) is 4. The van der Waals surface area contributed by atoms with E-state index < -0.39 is 5.60 Å². The predicted octanol–water partition coefficient (Wildman–Crippen LogP) is 1.86. The summed E-state index contributed by atoms with van der Waals surface area (Å²) in [6, 6.07) is 8.60. The molecule has 3 N–H and O–H groups in total. The maximum atomic E-state index is 10.7. The molecule has 1 aliphatic rings. The number of ether oxygens (including phenoxy) is 1. The summed E-state index contributed by atoms with van der Waals surface area (Å²) in [4.78, 5) is 2.18. The van der Waals surface area contributed by atoms with Crippen LogP contribution in [0.5, 0.6) is 0 Å². The van der Waals surface area contributed by atoms with Gasteiger partial charge in [0, 0.05) is 44.7 Å². The highest BCUT2D eigenvalue weighted by Crippen LogP contribution is 2.28. The van der Waals surface area contributed by atoms with E-state index in [2.05, 4.69) is 36.1 Å². The molecule has 2 atom stereocenters. The van der Waals surface area contributed by atoms with E-state index in [0.717, 1.165) is 0 Å². The molecule has 1 heterocycles. The summed E-state index contributed by atoms with van der Waals surface area (Å²) in [6.07, 6.45) is 1.38. The fraction of sp³-hybridized carbons (Fsp3) is 0.647. The number of likely N-dealkylation sites (N-methyl/N-ethyl adjacent to an activating group) is 1. The lowest BCUT2D eigenvalue weighted by molar-refractivity contribution is -0.0824. The fourth-order valence-electron chi connectivity index (χ4n) is 3.20. The summed E-state index contributed by atoms with van der Waals surface area (Å²) >= 11 is 0. The van der Waals surface area contributed by atoms with Crippen LogP contribution in [-0.4, -0.2) is 48.5 Å². The van der Waals surface area contributed by atoms with Crippen molar-refractivity contribution in [3.05, 3.63) is 35.4 Å². The van der Waals surface area contributed by atoms with Crippen molar-refractivity contribution < 1.29 is 9.84 Å². The third-order valence-corrected chi connectivity index (χ3v) is 4.36. The fourth-order valence-corrected chi connectivity index (χ4v) is 3.20. The Morgan fingerprint density at radius 2 is 1.86 bits per heavy atom. The topological polar surface area (TPSA) is 58.7 Å². The van der Waals surface area contributed by atoms with Crippen molar-refractivity contribution in [1.82, 2.24) is 4.90 Å². The summed E-state index contributed by atoms with van der Waals surface area (Å²) in [5.74, 6) is 0. The first kappa shape index (κ1) is 16.4. The van der Waals surface area contributed by atoms with E-state index >= 15 is 0 Å². The van der Waals surface area contributed by atoms with Gasteiger partial charge in [0.25, 0.3) is 0 Å². The molecule has 4 heteroatoms. The first-order valence-corrected chi connectivity index (χ1v) is 7.74. The lowest BCUT2D eigenvalue weighted by Gasteiger charge is -2.40. The summed E-state index contributed by atoms with van der Waals surface area (Å²) in [5.41, 5.74) is 7.99. The summed E-state index contributed by atoms with van der Waals surface area (Å²) in [6.45, 7) is 6.00. The van der Waals surface area contributed by atoms with Crippen LogP contribution < -0.4 is 5.73 Å². The Balaban J connectivity index is 2.12. The molecule has 0 spiro atoms. The summed E-state index contributed by atoms with van der Waals surface area (Å²) in [7, 11) is 2.04. The molecule has 0 amide bonds. The minimum atomic E-state index is -0.662. The van der Waals surface area contributed by atoms with Crippen LogP contribution in [0, 0.1) is 6.92 Å². The van der Waals surface area contributed by atoms with Gasteiger partial charge in [0.1, 0.15) is 0 Å². The van der Waals surface area contributed by atoms with Crippen LogP contribution in [0.15, 0.2) is 24.3 Å². The predicted molar refractivity (Wildman–Crippen MR) is 85.2 cm³/mol. The number of benzene rings is 1. The van der Waals surface area contributed by atoms with Crippen LogP contribution in [0.1, 0.15) is 36.9 Å². The zero-order chi connectivity index (χ0) is 15.5. The lowest BCUT2D eigenvalue weighted by atomic mass is 9.91. The van der Waals surface area contributed by atoms with Crippen molar-refractivity contribution in [2.45, 2.75) is 44.4 Å². The van der Waals surface area contributed by atoms with E-state index in [1.165, 1.54) is 11.1 Å². The van der Waals surface area contributed by atoms with Crippen molar-refractivity contribution >= 4 is 0 Å². The van der Waals surface area contributed by atoms with Crippen molar-refractivity contribution in [3.63, 3.8) is 0 Å². The van der Waals surface area contributed by atoms with Crippen LogP contribution in [0.2, 0.25) is 0 Å². The third kappa shape index (κ3) is 4.27. The van der Waals surface area contributed by atoms with Gasteiger partial charge in [-0.15, -0.1) is 0 Å². The number of hydrogen-bond donors (Lipinski definition) is 2. The first-order valence-electron chi connectivity index (χ1n) is 7.74. The molecule has 0 radical (unpaired) electrons. The van der Waals surface area contributed by atoms with Crippen LogP contribution in [0.4, 0.5) is 0 Å². The van der Waals surface area contributed by atoms with Gasteiger partial charge < -0.3 is 15.6 Å². The molecule has 2 unspecified atom stereocenters. The van der Waals surface area contributed by atoms with Gasteiger partial charge in [0.05, 0.1) is 5.60 Å². The van der Waals surface area contributed by atoms with E-state index in [9.17, 15) is 5.11 Å². The Kier molecular flexibility index (Phi) is 5.38. The molecule has 1 fully saturated rings. The molecule has 0 saturated carbocycles. The van der Waals surface area contributed by atoms with Gasteiger partial charge in [-0.1, -0.05) is 29.8 Å². The Morgan fingerprint density at radius 3 is 2.38 bits per heavy atom. The van der Waals surface area contributed by atoms with Gasteiger partial charge in [-0.3, -0.25) is 4.90 Å². The molecule has 1 aromatic carbocycles. The molecule has 118 valence electrons. The highest BCUT2D eigenvalue weighted by atomic mass is 16.5. The van der Waals surface area contributed by atoms with E-state index in [1.54, 1.807) is 0 Å². The third-order valence-electron chi connectivity index (χ3n) is 4.36. The van der Waals surface area contributed by atoms with Gasteiger partial charge >= 0.3 is 0 Å². The highest BCUT2D eigenvalue weighted by Gasteiger charge is 2.34. The van der Waals surface area contributed by atoms with E-state index in [0.29, 0.717) is 32.6 Å². The molecule has 0 aromatic heterocycles. The average Bonchev–Trinajstić information content (AvgIpc) is 2.41. The highest BCUT2D eigenvalue weighted by molar-refractivity contribution is 5.25. The lowest BCUT2D eigenvalue weighted by Crippen LogP contribution is -2.49. The Hall–Kier alpha value is -0.940. The van der Waals surface area contributed by atoms with E-state index in [4.69, 9.17) is 10.5 Å². The Bertz CT molecular complexity index is 439. The molecule has 21 heavy (non-hydrogen) atoms. The minimum absolute atomic E-state index is 0.00106. The molecule has 0 aliphatic carbocycles. The number of aryl methyl sites for hydroxylation is 1. The van der Waals surface area contributed by atoms with Gasteiger partial charge in [-0.05, 0) is 26.5 Å².